The van der Waals surface area contributed by atoms with Gasteiger partial charge in [-0.25, -0.2) is 12.1 Å². The molecule has 0 amide bonds. The Balaban J connectivity index is 0.000000809. The van der Waals surface area contributed by atoms with E-state index in [4.69, 9.17) is 0 Å². The van der Waals surface area contributed by atoms with Crippen molar-refractivity contribution in [3.8, 4) is 11.1 Å². The normalized spacial score (nSPS) is 11.3. The quantitative estimate of drug-likeness (QED) is 0.305. The second kappa shape index (κ2) is 12.2. The molecule has 0 unspecified atom stereocenters. The van der Waals surface area contributed by atoms with E-state index in [0.717, 1.165) is 6.42 Å². The first-order chi connectivity index (χ1) is 13.2. The zero-order valence-electron chi connectivity index (χ0n) is 18.9. The summed E-state index contributed by atoms with van der Waals surface area (Å²) in [7, 11) is 0. The molecule has 3 heteroatoms. The number of halogens is 2. The molecule has 0 fully saturated rings. The number of rotatable bonds is 0. The van der Waals surface area contributed by atoms with Crippen LogP contribution in [0.25, 0.3) is 11.1 Å². The van der Waals surface area contributed by atoms with Crippen LogP contribution in [-0.2, 0) is 41.5 Å². The number of benzene rings is 2. The van der Waals surface area contributed by atoms with Crippen LogP contribution in [0.2, 0.25) is 0 Å². The number of hydrogen-bond donors (Lipinski definition) is 0. The molecule has 0 heterocycles. The molecular weight excluding hydrogens is 486 g/mol. The van der Waals surface area contributed by atoms with E-state index in [1.165, 1.54) is 57.6 Å². The van der Waals surface area contributed by atoms with Gasteiger partial charge in [-0.2, -0.15) is 47.5 Å². The molecule has 160 valence electrons. The molecule has 0 saturated carbocycles. The van der Waals surface area contributed by atoms with Crippen molar-refractivity contribution in [3.05, 3.63) is 89.0 Å². The smallest absolute Gasteiger partial charge is 0.172 e. The van der Waals surface area contributed by atoms with E-state index in [0.29, 0.717) is 0 Å². The van der Waals surface area contributed by atoms with Crippen LogP contribution in [0.1, 0.15) is 63.8 Å². The molecule has 0 bridgehead atoms. The van der Waals surface area contributed by atoms with Gasteiger partial charge in [0.15, 0.2) is 0 Å². The summed E-state index contributed by atoms with van der Waals surface area (Å²) in [6.07, 6.45) is 1.03. The fourth-order valence-corrected chi connectivity index (χ4v) is 3.31. The summed E-state index contributed by atoms with van der Waals surface area (Å²) < 4.78 is 3.34. The minimum Gasteiger partial charge on any atom is -1.00 e. The van der Waals surface area contributed by atoms with Gasteiger partial charge in [0.25, 0.3) is 0 Å². The molecule has 1 aliphatic carbocycles. The first kappa shape index (κ1) is 29.1. The van der Waals surface area contributed by atoms with Crippen LogP contribution in [0.5, 0.6) is 0 Å². The van der Waals surface area contributed by atoms with E-state index in [9.17, 15) is 0 Å². The first-order valence-electron chi connectivity index (χ1n) is 9.87. The van der Waals surface area contributed by atoms with Gasteiger partial charge in [0.05, 0.1) is 0 Å². The van der Waals surface area contributed by atoms with Crippen LogP contribution >= 0.6 is 0 Å². The van der Waals surface area contributed by atoms with Gasteiger partial charge in [-0.3, -0.25) is 0 Å². The fourth-order valence-electron chi connectivity index (χ4n) is 3.31. The average molecular weight is 519 g/mol. The fraction of sp³-hybridized carbons (Fsp3) is 0.333. The monoisotopic (exact) mass is 516 g/mol. The van der Waals surface area contributed by atoms with Crippen molar-refractivity contribution in [2.75, 3.05) is 0 Å². The average Bonchev–Trinajstić information content (AvgIpc) is 3.32. The van der Waals surface area contributed by atoms with Crippen LogP contribution in [0.4, 0.5) is 0 Å². The van der Waals surface area contributed by atoms with Crippen molar-refractivity contribution < 1.29 is 49.0 Å². The molecule has 0 saturated heterocycles. The van der Waals surface area contributed by atoms with Crippen LogP contribution < -0.4 is 24.8 Å². The van der Waals surface area contributed by atoms with Gasteiger partial charge in [-0.1, -0.05) is 76.3 Å². The predicted molar refractivity (Wildman–Crippen MR) is 120 cm³/mol. The minimum atomic E-state index is 0. The van der Waals surface area contributed by atoms with Crippen molar-refractivity contribution in [2.24, 2.45) is 0 Å². The summed E-state index contributed by atoms with van der Waals surface area (Å²) in [6, 6.07) is 25.1. The third kappa shape index (κ3) is 7.37. The largest absolute Gasteiger partial charge is 1.00 e. The first-order valence-corrected chi connectivity index (χ1v) is 11.6. The van der Waals surface area contributed by atoms with Crippen molar-refractivity contribution in [3.63, 3.8) is 0 Å². The molecular formula is C27H32Cl2Zr-2. The van der Waals surface area contributed by atoms with E-state index < -0.39 is 0 Å². The molecule has 0 atom stereocenters. The Labute approximate surface area is 211 Å². The summed E-state index contributed by atoms with van der Waals surface area (Å²) in [5.74, 6) is 0. The number of hydrogen-bond acceptors (Lipinski definition) is 0. The van der Waals surface area contributed by atoms with E-state index in [2.05, 4.69) is 82.2 Å². The summed E-state index contributed by atoms with van der Waals surface area (Å²) in [6.45, 7) is 13.6. The Kier molecular flexibility index (Phi) is 11.9. The second-order valence-electron chi connectivity index (χ2n) is 9.29. The van der Waals surface area contributed by atoms with Gasteiger partial charge in [0, 0.05) is 0 Å². The summed E-state index contributed by atoms with van der Waals surface area (Å²) in [5, 5.41) is 0. The third-order valence-electron chi connectivity index (χ3n) is 5.08. The Morgan fingerprint density at radius 1 is 0.833 bits per heavy atom. The zero-order chi connectivity index (χ0) is 20.9. The summed E-state index contributed by atoms with van der Waals surface area (Å²) in [5.41, 5.74) is 8.76. The van der Waals surface area contributed by atoms with Crippen LogP contribution in [-0.4, -0.2) is 4.21 Å². The Bertz CT molecular complexity index is 819. The molecule has 0 spiro atoms. The van der Waals surface area contributed by atoms with Crippen LogP contribution in [0, 0.1) is 6.07 Å². The molecule has 0 nitrogen and oxygen atoms in total. The summed E-state index contributed by atoms with van der Waals surface area (Å²) in [4.78, 5) is 0. The molecule has 30 heavy (non-hydrogen) atoms. The van der Waals surface area contributed by atoms with Gasteiger partial charge >= 0.3 is 28.4 Å². The van der Waals surface area contributed by atoms with Gasteiger partial charge in [0.1, 0.15) is 0 Å². The maximum absolute atomic E-state index is 3.53. The Hall–Kier alpha value is -0.877. The van der Waals surface area contributed by atoms with Gasteiger partial charge in [-0.05, 0) is 17.4 Å². The van der Waals surface area contributed by atoms with E-state index in [-0.39, 0.29) is 35.6 Å². The van der Waals surface area contributed by atoms with Crippen LogP contribution in [0.3, 0.4) is 0 Å². The molecule has 3 aromatic carbocycles. The van der Waals surface area contributed by atoms with E-state index in [1.807, 2.05) is 30.3 Å². The van der Waals surface area contributed by atoms with Crippen molar-refractivity contribution in [2.45, 2.75) is 58.8 Å². The van der Waals surface area contributed by atoms with Crippen LogP contribution in [0.15, 0.2) is 60.7 Å². The second-order valence-corrected chi connectivity index (χ2v) is 9.29. The molecule has 0 aromatic heterocycles. The standard InChI is InChI=1S/C21H25.C5H5.CH2.2ClH.Zr/c1-20(2,3)16-9-7-14-11-15-8-10-17(21(4,5)6)13-19(15)18(14)12-16;1-2-4-5-3-1;;;;/h7,9-10,12-13H,11H2,1-6H3;1-5H;1H2;2*1H;/q2*-1;;;;+2/p-2. The molecule has 0 radical (unpaired) electrons. The van der Waals surface area contributed by atoms with Crippen molar-refractivity contribution >= 4 is 4.21 Å². The molecule has 0 N–H and O–H groups in total. The third-order valence-corrected chi connectivity index (χ3v) is 5.08. The SMILES string of the molecule is CC(C)(C)c1c[c-]c2c(c1)-c1cc(C(C)(C)C)ccc1C2.[CH2]=[Zr+2].[Cl-].[Cl-].c1cc[cH-]c1. The van der Waals surface area contributed by atoms with E-state index in [1.54, 1.807) is 0 Å². The van der Waals surface area contributed by atoms with Gasteiger partial charge < -0.3 is 24.8 Å². The topological polar surface area (TPSA) is 0 Å². The van der Waals surface area contributed by atoms with Gasteiger partial charge in [0.2, 0.25) is 0 Å². The molecule has 1 aliphatic rings. The minimum absolute atomic E-state index is 0. The zero-order valence-corrected chi connectivity index (χ0v) is 22.9. The molecule has 0 aliphatic heterocycles. The summed E-state index contributed by atoms with van der Waals surface area (Å²) >= 11 is 1.30. The van der Waals surface area contributed by atoms with Crippen molar-refractivity contribution in [1.82, 2.24) is 0 Å². The molecule has 3 aromatic rings. The Morgan fingerprint density at radius 3 is 1.83 bits per heavy atom. The van der Waals surface area contributed by atoms with Gasteiger partial charge in [-0.15, -0.1) is 5.56 Å². The Morgan fingerprint density at radius 2 is 1.37 bits per heavy atom. The van der Waals surface area contributed by atoms with E-state index >= 15 is 0 Å². The predicted octanol–water partition coefficient (Wildman–Crippen LogP) is 1.03. The number of fused-ring (bicyclic) bond motifs is 3. The maximum Gasteiger partial charge on any atom is -0.172 e. The molecule has 4 rings (SSSR count). The van der Waals surface area contributed by atoms with Crippen molar-refractivity contribution in [1.29, 1.82) is 0 Å². The maximum atomic E-state index is 3.53.